The van der Waals surface area contributed by atoms with Gasteiger partial charge >= 0.3 is 6.09 Å². The third-order valence-corrected chi connectivity index (χ3v) is 7.31. The zero-order chi connectivity index (χ0) is 25.8. The molecule has 3 aromatic carbocycles. The topological polar surface area (TPSA) is 68.3 Å². The lowest BCUT2D eigenvalue weighted by Crippen LogP contribution is -2.16. The third-order valence-electron chi connectivity index (χ3n) is 5.66. The molecule has 184 valence electrons. The molecule has 1 atom stereocenters. The van der Waals surface area contributed by atoms with E-state index in [0.717, 1.165) is 32.7 Å². The van der Waals surface area contributed by atoms with E-state index in [2.05, 4.69) is 9.69 Å². The number of ether oxygens (including phenoxy) is 1. The number of carbonyl (C=O) groups is 2. The van der Waals surface area contributed by atoms with Gasteiger partial charge in [0.2, 0.25) is 0 Å². The van der Waals surface area contributed by atoms with Crippen molar-refractivity contribution in [3.05, 3.63) is 93.6 Å². The van der Waals surface area contributed by atoms with Crippen molar-refractivity contribution in [3.8, 4) is 21.6 Å². The minimum atomic E-state index is -0.582. The minimum absolute atomic E-state index is 0.0923. The SMILES string of the molecule is CC(=O)Cc1ccc(-c2ccc(-c3snc(C)c3NC(=O)O[C@H](C)c3ccccc3Cl)cc2)c(Cl)c1. The number of carbonyl (C=O) groups excluding carboxylic acids is 2. The molecule has 0 aliphatic carbocycles. The number of anilines is 1. The van der Waals surface area contributed by atoms with Crippen LogP contribution in [0.4, 0.5) is 10.5 Å². The summed E-state index contributed by atoms with van der Waals surface area (Å²) in [5.41, 5.74) is 5.66. The van der Waals surface area contributed by atoms with Gasteiger partial charge in [0.25, 0.3) is 0 Å². The normalized spacial score (nSPS) is 11.7. The lowest BCUT2D eigenvalue weighted by molar-refractivity contribution is -0.116. The average Bonchev–Trinajstić information content (AvgIpc) is 3.19. The molecular formula is C28H24Cl2N2O3S. The Morgan fingerprint density at radius 1 is 1.00 bits per heavy atom. The molecule has 0 aliphatic rings. The highest BCUT2D eigenvalue weighted by atomic mass is 35.5. The van der Waals surface area contributed by atoms with Crippen molar-refractivity contribution in [1.29, 1.82) is 0 Å². The van der Waals surface area contributed by atoms with Crippen LogP contribution in [-0.4, -0.2) is 16.3 Å². The van der Waals surface area contributed by atoms with Crippen LogP contribution in [0.3, 0.4) is 0 Å². The molecular weight excluding hydrogens is 515 g/mol. The first-order valence-electron chi connectivity index (χ1n) is 11.3. The molecule has 0 unspecified atom stereocenters. The predicted molar refractivity (Wildman–Crippen MR) is 147 cm³/mol. The third kappa shape index (κ3) is 5.95. The molecule has 1 N–H and O–H groups in total. The van der Waals surface area contributed by atoms with E-state index in [9.17, 15) is 9.59 Å². The van der Waals surface area contributed by atoms with Crippen molar-refractivity contribution < 1.29 is 14.3 Å². The molecule has 1 heterocycles. The first kappa shape index (κ1) is 25.9. The van der Waals surface area contributed by atoms with Crippen molar-refractivity contribution in [2.75, 3.05) is 5.32 Å². The average molecular weight is 539 g/mol. The van der Waals surface area contributed by atoms with Gasteiger partial charge in [-0.05, 0) is 61.1 Å². The Labute approximate surface area is 224 Å². The summed E-state index contributed by atoms with van der Waals surface area (Å²) < 4.78 is 9.99. The molecule has 0 saturated carbocycles. The van der Waals surface area contributed by atoms with Crippen molar-refractivity contribution in [2.45, 2.75) is 33.3 Å². The van der Waals surface area contributed by atoms with Gasteiger partial charge in [0.15, 0.2) is 0 Å². The van der Waals surface area contributed by atoms with Gasteiger partial charge in [0.05, 0.1) is 16.3 Å². The highest BCUT2D eigenvalue weighted by Gasteiger charge is 2.19. The fourth-order valence-corrected chi connectivity index (χ4v) is 5.32. The maximum Gasteiger partial charge on any atom is 0.412 e. The van der Waals surface area contributed by atoms with Crippen LogP contribution in [0.25, 0.3) is 21.6 Å². The van der Waals surface area contributed by atoms with Gasteiger partial charge < -0.3 is 4.74 Å². The molecule has 5 nitrogen and oxygen atoms in total. The van der Waals surface area contributed by atoms with Crippen LogP contribution in [0.5, 0.6) is 0 Å². The Bertz CT molecular complexity index is 1420. The number of nitrogens with zero attached hydrogens (tertiary/aromatic N) is 1. The lowest BCUT2D eigenvalue weighted by atomic mass is 10.00. The number of hydrogen-bond donors (Lipinski definition) is 1. The summed E-state index contributed by atoms with van der Waals surface area (Å²) in [4.78, 5) is 24.9. The zero-order valence-corrected chi connectivity index (χ0v) is 22.3. The molecule has 0 fully saturated rings. The molecule has 36 heavy (non-hydrogen) atoms. The quantitative estimate of drug-likeness (QED) is 0.256. The smallest absolute Gasteiger partial charge is 0.412 e. The number of hydrogen-bond acceptors (Lipinski definition) is 5. The zero-order valence-electron chi connectivity index (χ0n) is 20.0. The number of ketones is 1. The number of aromatic nitrogens is 1. The monoisotopic (exact) mass is 538 g/mol. The van der Waals surface area contributed by atoms with Gasteiger partial charge in [-0.3, -0.25) is 10.1 Å². The van der Waals surface area contributed by atoms with Crippen molar-refractivity contribution in [2.24, 2.45) is 0 Å². The summed E-state index contributed by atoms with van der Waals surface area (Å²) in [5.74, 6) is 0.0923. The number of nitrogens with one attached hydrogen (secondary N) is 1. The van der Waals surface area contributed by atoms with Gasteiger partial charge in [-0.2, -0.15) is 4.37 Å². The van der Waals surface area contributed by atoms with E-state index in [4.69, 9.17) is 27.9 Å². The molecule has 8 heteroatoms. The predicted octanol–water partition coefficient (Wildman–Crippen LogP) is 8.53. The largest absolute Gasteiger partial charge is 0.441 e. The maximum absolute atomic E-state index is 12.7. The summed E-state index contributed by atoms with van der Waals surface area (Å²) in [6.45, 7) is 5.17. The number of amides is 1. The lowest BCUT2D eigenvalue weighted by Gasteiger charge is -2.16. The Balaban J connectivity index is 1.51. The highest BCUT2D eigenvalue weighted by molar-refractivity contribution is 7.10. The van der Waals surface area contributed by atoms with E-state index in [1.54, 1.807) is 19.9 Å². The fourth-order valence-electron chi connectivity index (χ4n) is 3.87. The molecule has 0 bridgehead atoms. The van der Waals surface area contributed by atoms with Gasteiger partial charge in [0, 0.05) is 27.6 Å². The molecule has 4 aromatic rings. The Hall–Kier alpha value is -3.19. The van der Waals surface area contributed by atoms with Gasteiger partial charge in [-0.1, -0.05) is 77.8 Å². The molecule has 0 aliphatic heterocycles. The van der Waals surface area contributed by atoms with Crippen molar-refractivity contribution in [1.82, 2.24) is 4.37 Å². The van der Waals surface area contributed by atoms with Crippen molar-refractivity contribution in [3.63, 3.8) is 0 Å². The van der Waals surface area contributed by atoms with Crippen LogP contribution in [0.2, 0.25) is 10.0 Å². The summed E-state index contributed by atoms with van der Waals surface area (Å²) in [7, 11) is 0. The van der Waals surface area contributed by atoms with Crippen LogP contribution < -0.4 is 5.32 Å². The van der Waals surface area contributed by atoms with E-state index in [1.165, 1.54) is 11.5 Å². The van der Waals surface area contributed by atoms with E-state index in [0.29, 0.717) is 27.8 Å². The first-order valence-corrected chi connectivity index (χ1v) is 12.8. The van der Waals surface area contributed by atoms with E-state index in [1.807, 2.05) is 67.6 Å². The molecule has 0 spiro atoms. The van der Waals surface area contributed by atoms with Gasteiger partial charge in [-0.15, -0.1) is 0 Å². The van der Waals surface area contributed by atoms with E-state index in [-0.39, 0.29) is 5.78 Å². The number of benzene rings is 3. The molecule has 1 aromatic heterocycles. The van der Waals surface area contributed by atoms with Gasteiger partial charge in [-0.25, -0.2) is 4.79 Å². The standard InChI is InChI=1S/C28H24Cl2N2O3S/c1-16(33)14-19-8-13-23(25(30)15-19)20-9-11-21(12-10-20)27-26(17(2)32-36-27)31-28(34)35-18(3)22-6-4-5-7-24(22)29/h4-13,15,18H,14H2,1-3H3,(H,31,34)/t18-/m1/s1. The van der Waals surface area contributed by atoms with E-state index < -0.39 is 12.2 Å². The molecule has 1 amide bonds. The Morgan fingerprint density at radius 2 is 1.69 bits per heavy atom. The Morgan fingerprint density at radius 3 is 2.36 bits per heavy atom. The van der Waals surface area contributed by atoms with Gasteiger partial charge in [0.1, 0.15) is 11.9 Å². The number of Topliss-reactive ketones (excluding diaryl/α,β-unsaturated/α-hetero) is 1. The number of rotatable bonds is 7. The van der Waals surface area contributed by atoms with Crippen LogP contribution >= 0.6 is 34.7 Å². The Kier molecular flexibility index (Phi) is 8.09. The van der Waals surface area contributed by atoms with Crippen LogP contribution in [0.15, 0.2) is 66.7 Å². The highest BCUT2D eigenvalue weighted by Crippen LogP contribution is 2.37. The number of halogens is 2. The van der Waals surface area contributed by atoms with Crippen LogP contribution in [0.1, 0.15) is 36.8 Å². The minimum Gasteiger partial charge on any atom is -0.441 e. The van der Waals surface area contributed by atoms with Crippen LogP contribution in [0, 0.1) is 6.92 Å². The summed E-state index contributed by atoms with van der Waals surface area (Å²) >= 11 is 14.0. The molecule has 4 rings (SSSR count). The first-order chi connectivity index (χ1) is 17.2. The van der Waals surface area contributed by atoms with E-state index >= 15 is 0 Å². The molecule has 0 radical (unpaired) electrons. The summed E-state index contributed by atoms with van der Waals surface area (Å²) in [5, 5.41) is 3.98. The molecule has 0 saturated heterocycles. The second kappa shape index (κ2) is 11.2. The second-order valence-corrected chi connectivity index (χ2v) is 10.0. The maximum atomic E-state index is 12.7. The fraction of sp³-hybridized carbons (Fsp3) is 0.179. The summed E-state index contributed by atoms with van der Waals surface area (Å²) in [6, 6.07) is 20.8. The van der Waals surface area contributed by atoms with Crippen LogP contribution in [-0.2, 0) is 16.0 Å². The number of aryl methyl sites for hydroxylation is 1. The van der Waals surface area contributed by atoms with Crippen molar-refractivity contribution >= 4 is 52.3 Å². The summed E-state index contributed by atoms with van der Waals surface area (Å²) in [6.07, 6.45) is -0.736. The second-order valence-electron chi connectivity index (χ2n) is 8.44.